The van der Waals surface area contributed by atoms with Gasteiger partial charge in [0.05, 0.1) is 23.0 Å². The van der Waals surface area contributed by atoms with Gasteiger partial charge < -0.3 is 10.3 Å². The van der Waals surface area contributed by atoms with E-state index in [1.807, 2.05) is 42.5 Å². The van der Waals surface area contributed by atoms with E-state index in [0.29, 0.717) is 11.3 Å². The zero-order valence-electron chi connectivity index (χ0n) is 10.8. The largest absolute Gasteiger partial charge is 0.360 e. The van der Waals surface area contributed by atoms with Crippen molar-refractivity contribution >= 4 is 45.3 Å². The van der Waals surface area contributed by atoms with Crippen LogP contribution >= 0.6 is 11.7 Å². The lowest BCUT2D eigenvalue weighted by atomic mass is 10.1. The fourth-order valence-corrected chi connectivity index (χ4v) is 2.91. The van der Waals surface area contributed by atoms with Crippen molar-refractivity contribution in [3.63, 3.8) is 0 Å². The van der Waals surface area contributed by atoms with E-state index in [-0.39, 0.29) is 5.91 Å². The summed E-state index contributed by atoms with van der Waals surface area (Å²) in [6, 6.07) is 13.3. The second-order valence-corrected chi connectivity index (χ2v) is 5.17. The average Bonchev–Trinajstić information content (AvgIpc) is 3.14. The van der Waals surface area contributed by atoms with Crippen molar-refractivity contribution in [3.8, 4) is 0 Å². The van der Waals surface area contributed by atoms with Crippen LogP contribution in [0.2, 0.25) is 0 Å². The Kier molecular flexibility index (Phi) is 2.68. The summed E-state index contributed by atoms with van der Waals surface area (Å²) in [7, 11) is 0. The predicted molar refractivity (Wildman–Crippen MR) is 83.7 cm³/mol. The highest BCUT2D eigenvalue weighted by Crippen LogP contribution is 2.23. The lowest BCUT2D eigenvalue weighted by molar-refractivity contribution is 0.102. The lowest BCUT2D eigenvalue weighted by Gasteiger charge is -2.04. The first-order valence-electron chi connectivity index (χ1n) is 6.42. The van der Waals surface area contributed by atoms with Crippen LogP contribution in [0.15, 0.2) is 48.7 Å². The smallest absolute Gasteiger partial charge is 0.257 e. The van der Waals surface area contributed by atoms with Crippen molar-refractivity contribution in [3.05, 3.63) is 54.2 Å². The molecule has 6 heteroatoms. The van der Waals surface area contributed by atoms with Crippen LogP contribution in [0.3, 0.4) is 0 Å². The van der Waals surface area contributed by atoms with Gasteiger partial charge in [0.25, 0.3) is 5.91 Å². The first kappa shape index (κ1) is 12.0. The first-order valence-corrected chi connectivity index (χ1v) is 7.15. The Morgan fingerprint density at radius 1 is 1.10 bits per heavy atom. The molecule has 1 amide bonds. The Morgan fingerprint density at radius 3 is 2.95 bits per heavy atom. The molecule has 0 saturated heterocycles. The molecule has 5 nitrogen and oxygen atoms in total. The van der Waals surface area contributed by atoms with Gasteiger partial charge in [-0.05, 0) is 18.2 Å². The summed E-state index contributed by atoms with van der Waals surface area (Å²) in [6.07, 6.45) is 1.72. The molecule has 2 heterocycles. The molecule has 0 bridgehead atoms. The standard InChI is InChI=1S/C15H10N4OS/c20-15(10-8-16-11-5-2-1-4-9(10)11)17-12-6-3-7-13-14(12)19-21-18-13/h1-8,16H,(H,17,20). The number of nitrogens with one attached hydrogen (secondary N) is 2. The number of aromatic nitrogens is 3. The van der Waals surface area contributed by atoms with Gasteiger partial charge in [0.15, 0.2) is 0 Å². The molecular weight excluding hydrogens is 284 g/mol. The molecule has 0 fully saturated rings. The second kappa shape index (κ2) is 4.68. The third kappa shape index (κ3) is 1.96. The Morgan fingerprint density at radius 2 is 2.00 bits per heavy atom. The van der Waals surface area contributed by atoms with Gasteiger partial charge in [-0.25, -0.2) is 0 Å². The summed E-state index contributed by atoms with van der Waals surface area (Å²) in [4.78, 5) is 15.6. The minimum absolute atomic E-state index is 0.159. The maximum absolute atomic E-state index is 12.5. The van der Waals surface area contributed by atoms with Crippen molar-refractivity contribution in [2.24, 2.45) is 0 Å². The zero-order valence-corrected chi connectivity index (χ0v) is 11.6. The van der Waals surface area contributed by atoms with Gasteiger partial charge in [0, 0.05) is 17.1 Å². The number of carbonyl (C=O) groups is 1. The fraction of sp³-hybridized carbons (Fsp3) is 0. The molecule has 2 aromatic heterocycles. The normalized spacial score (nSPS) is 11.0. The predicted octanol–water partition coefficient (Wildman–Crippen LogP) is 3.42. The molecular formula is C15H10N4OS. The molecule has 0 atom stereocenters. The highest BCUT2D eigenvalue weighted by atomic mass is 32.1. The first-order chi connectivity index (χ1) is 10.3. The molecule has 2 N–H and O–H groups in total. The highest BCUT2D eigenvalue weighted by molar-refractivity contribution is 7.00. The summed E-state index contributed by atoms with van der Waals surface area (Å²) in [5.74, 6) is -0.159. The molecule has 0 unspecified atom stereocenters. The van der Waals surface area contributed by atoms with E-state index in [2.05, 4.69) is 19.0 Å². The number of nitrogens with zero attached hydrogens (tertiary/aromatic N) is 2. The minimum Gasteiger partial charge on any atom is -0.360 e. The average molecular weight is 294 g/mol. The zero-order chi connectivity index (χ0) is 14.2. The molecule has 21 heavy (non-hydrogen) atoms. The number of aromatic amines is 1. The van der Waals surface area contributed by atoms with Crippen molar-refractivity contribution in [1.82, 2.24) is 13.7 Å². The fourth-order valence-electron chi connectivity index (χ4n) is 2.36. The molecule has 4 rings (SSSR count). The highest BCUT2D eigenvalue weighted by Gasteiger charge is 2.14. The maximum atomic E-state index is 12.5. The van der Waals surface area contributed by atoms with E-state index in [1.54, 1.807) is 6.20 Å². The molecule has 0 aliphatic rings. The summed E-state index contributed by atoms with van der Waals surface area (Å²) >= 11 is 1.14. The second-order valence-electron chi connectivity index (χ2n) is 4.64. The van der Waals surface area contributed by atoms with Crippen LogP contribution in [0.5, 0.6) is 0 Å². The molecule has 0 aliphatic heterocycles. The minimum atomic E-state index is -0.159. The van der Waals surface area contributed by atoms with Gasteiger partial charge in [-0.1, -0.05) is 24.3 Å². The number of anilines is 1. The van der Waals surface area contributed by atoms with Gasteiger partial charge >= 0.3 is 0 Å². The van der Waals surface area contributed by atoms with Crippen LogP contribution in [0.1, 0.15) is 10.4 Å². The molecule has 0 saturated carbocycles. The van der Waals surface area contributed by atoms with Gasteiger partial charge in [-0.3, -0.25) is 4.79 Å². The van der Waals surface area contributed by atoms with Gasteiger partial charge in [-0.15, -0.1) is 0 Å². The van der Waals surface area contributed by atoms with Crippen molar-refractivity contribution in [2.75, 3.05) is 5.32 Å². The van der Waals surface area contributed by atoms with Crippen molar-refractivity contribution in [1.29, 1.82) is 0 Å². The van der Waals surface area contributed by atoms with E-state index in [9.17, 15) is 4.79 Å². The molecule has 4 aromatic rings. The lowest BCUT2D eigenvalue weighted by Crippen LogP contribution is -2.11. The monoisotopic (exact) mass is 294 g/mol. The Bertz CT molecular complexity index is 956. The van der Waals surface area contributed by atoms with Crippen LogP contribution in [0, 0.1) is 0 Å². The third-order valence-corrected chi connectivity index (χ3v) is 3.91. The number of para-hydroxylation sites is 1. The number of hydrogen-bond acceptors (Lipinski definition) is 4. The van der Waals surface area contributed by atoms with Crippen LogP contribution < -0.4 is 5.32 Å². The summed E-state index contributed by atoms with van der Waals surface area (Å²) in [5.41, 5.74) is 3.74. The van der Waals surface area contributed by atoms with E-state index in [4.69, 9.17) is 0 Å². The molecule has 2 aromatic carbocycles. The summed E-state index contributed by atoms with van der Waals surface area (Å²) in [5, 5.41) is 3.81. The number of H-pyrrole nitrogens is 1. The van der Waals surface area contributed by atoms with Gasteiger partial charge in [0.1, 0.15) is 11.0 Å². The Hall–Kier alpha value is -2.73. The quantitative estimate of drug-likeness (QED) is 0.595. The van der Waals surface area contributed by atoms with E-state index in [0.717, 1.165) is 33.7 Å². The van der Waals surface area contributed by atoms with Crippen molar-refractivity contribution < 1.29 is 4.79 Å². The number of amides is 1. The number of fused-ring (bicyclic) bond motifs is 2. The van der Waals surface area contributed by atoms with Crippen molar-refractivity contribution in [2.45, 2.75) is 0 Å². The number of carbonyl (C=O) groups excluding carboxylic acids is 1. The van der Waals surface area contributed by atoms with Crippen LogP contribution in [-0.2, 0) is 0 Å². The van der Waals surface area contributed by atoms with E-state index >= 15 is 0 Å². The van der Waals surface area contributed by atoms with E-state index < -0.39 is 0 Å². The van der Waals surface area contributed by atoms with Gasteiger partial charge in [-0.2, -0.15) is 8.75 Å². The topological polar surface area (TPSA) is 70.7 Å². The number of rotatable bonds is 2. The SMILES string of the molecule is O=C(Nc1cccc2nsnc12)c1c[nH]c2ccccc12. The molecule has 0 radical (unpaired) electrons. The Labute approximate surface area is 123 Å². The Balaban J connectivity index is 1.74. The molecule has 0 spiro atoms. The van der Waals surface area contributed by atoms with Gasteiger partial charge in [0.2, 0.25) is 0 Å². The number of hydrogen-bond donors (Lipinski definition) is 2. The third-order valence-electron chi connectivity index (χ3n) is 3.37. The van der Waals surface area contributed by atoms with Crippen LogP contribution in [-0.4, -0.2) is 19.6 Å². The summed E-state index contributed by atoms with van der Waals surface area (Å²) < 4.78 is 8.40. The number of benzene rings is 2. The molecule has 0 aliphatic carbocycles. The summed E-state index contributed by atoms with van der Waals surface area (Å²) in [6.45, 7) is 0. The van der Waals surface area contributed by atoms with E-state index in [1.165, 1.54) is 0 Å². The maximum Gasteiger partial charge on any atom is 0.257 e. The molecule has 102 valence electrons. The van der Waals surface area contributed by atoms with Crippen LogP contribution in [0.4, 0.5) is 5.69 Å². The van der Waals surface area contributed by atoms with Crippen LogP contribution in [0.25, 0.3) is 21.9 Å².